The second kappa shape index (κ2) is 5.51. The number of aliphatic hydroxyl groups is 1. The van der Waals surface area contributed by atoms with Gasteiger partial charge in [0.05, 0.1) is 6.10 Å². The zero-order valence-corrected chi connectivity index (χ0v) is 7.66. The molecule has 1 N–H and O–H groups in total. The topological polar surface area (TPSA) is 38.7 Å². The van der Waals surface area contributed by atoms with Gasteiger partial charge in [0.1, 0.15) is 0 Å². The molecule has 0 saturated carbocycles. The smallest absolute Gasteiger partial charge is 0.154 e. The minimum Gasteiger partial charge on any atom is -0.381 e. The molecular weight excluding hydrogens is 156 g/mol. The van der Waals surface area contributed by atoms with Gasteiger partial charge < -0.3 is 14.6 Å². The highest BCUT2D eigenvalue weighted by atomic mass is 16.6. The lowest BCUT2D eigenvalue weighted by Gasteiger charge is -2.24. The number of hydrogen-bond acceptors (Lipinski definition) is 3. The van der Waals surface area contributed by atoms with Crippen LogP contribution < -0.4 is 0 Å². The molecule has 0 bridgehead atoms. The molecule has 0 aromatic carbocycles. The van der Waals surface area contributed by atoms with E-state index in [1.807, 2.05) is 6.92 Å². The minimum atomic E-state index is -0.571. The molecular formula is C9H18O3. The van der Waals surface area contributed by atoms with Crippen molar-refractivity contribution in [3.63, 3.8) is 0 Å². The van der Waals surface area contributed by atoms with Crippen LogP contribution in [0.25, 0.3) is 0 Å². The van der Waals surface area contributed by atoms with Gasteiger partial charge in [-0.15, -0.1) is 0 Å². The van der Waals surface area contributed by atoms with E-state index in [1.165, 1.54) is 0 Å². The van der Waals surface area contributed by atoms with Gasteiger partial charge in [-0.2, -0.15) is 0 Å². The van der Waals surface area contributed by atoms with Crippen molar-refractivity contribution >= 4 is 0 Å². The molecule has 0 amide bonds. The van der Waals surface area contributed by atoms with Gasteiger partial charge in [0, 0.05) is 13.2 Å². The van der Waals surface area contributed by atoms with Crippen molar-refractivity contribution in [3.05, 3.63) is 0 Å². The molecule has 0 aromatic rings. The van der Waals surface area contributed by atoms with Gasteiger partial charge in [-0.1, -0.05) is 13.3 Å². The Kier molecular flexibility index (Phi) is 4.58. The maximum Gasteiger partial charge on any atom is 0.154 e. The second-order valence-electron chi connectivity index (χ2n) is 3.19. The van der Waals surface area contributed by atoms with E-state index in [1.54, 1.807) is 0 Å². The van der Waals surface area contributed by atoms with E-state index in [4.69, 9.17) is 9.47 Å². The largest absolute Gasteiger partial charge is 0.381 e. The Morgan fingerprint density at radius 2 is 2.17 bits per heavy atom. The molecule has 0 spiro atoms. The minimum absolute atomic E-state index is 0.209. The molecule has 0 aromatic heterocycles. The predicted octanol–water partition coefficient (Wildman–Crippen LogP) is 1.30. The average molecular weight is 174 g/mol. The highest BCUT2D eigenvalue weighted by molar-refractivity contribution is 4.62. The van der Waals surface area contributed by atoms with Crippen molar-refractivity contribution in [1.82, 2.24) is 0 Å². The van der Waals surface area contributed by atoms with Gasteiger partial charge in [0.2, 0.25) is 0 Å². The molecule has 1 aliphatic rings. The van der Waals surface area contributed by atoms with Crippen molar-refractivity contribution in [2.45, 2.75) is 45.0 Å². The monoisotopic (exact) mass is 174 g/mol. The lowest BCUT2D eigenvalue weighted by atomic mass is 10.1. The van der Waals surface area contributed by atoms with Crippen LogP contribution in [-0.2, 0) is 9.47 Å². The summed E-state index contributed by atoms with van der Waals surface area (Å²) in [5, 5.41) is 9.34. The summed E-state index contributed by atoms with van der Waals surface area (Å²) in [6.07, 6.45) is 3.17. The molecule has 72 valence electrons. The first-order chi connectivity index (χ1) is 5.83. The normalized spacial score (nSPS) is 22.5. The third kappa shape index (κ3) is 3.52. The van der Waals surface area contributed by atoms with Crippen LogP contribution in [-0.4, -0.2) is 30.7 Å². The van der Waals surface area contributed by atoms with E-state index >= 15 is 0 Å². The standard InChI is InChI=1S/C9H18O3/c1-2-3-9(10)12-8-4-6-11-7-5-8/h8-10H,2-7H2,1H3. The van der Waals surface area contributed by atoms with Crippen LogP contribution in [0.15, 0.2) is 0 Å². The Hall–Kier alpha value is -0.120. The number of ether oxygens (including phenoxy) is 2. The fourth-order valence-corrected chi connectivity index (χ4v) is 1.35. The van der Waals surface area contributed by atoms with Crippen molar-refractivity contribution < 1.29 is 14.6 Å². The zero-order valence-electron chi connectivity index (χ0n) is 7.66. The van der Waals surface area contributed by atoms with E-state index in [0.717, 1.165) is 38.9 Å². The average Bonchev–Trinajstić information content (AvgIpc) is 2.06. The third-order valence-electron chi connectivity index (χ3n) is 2.05. The van der Waals surface area contributed by atoms with Crippen LogP contribution in [0.4, 0.5) is 0 Å². The third-order valence-corrected chi connectivity index (χ3v) is 2.05. The first-order valence-electron chi connectivity index (χ1n) is 4.74. The SMILES string of the molecule is CCCC(O)OC1CCOCC1. The summed E-state index contributed by atoms with van der Waals surface area (Å²) in [5.74, 6) is 0. The fraction of sp³-hybridized carbons (Fsp3) is 1.00. The Morgan fingerprint density at radius 1 is 1.50 bits per heavy atom. The summed E-state index contributed by atoms with van der Waals surface area (Å²) in [6.45, 7) is 3.57. The summed E-state index contributed by atoms with van der Waals surface area (Å²) in [6, 6.07) is 0. The maximum atomic E-state index is 9.34. The van der Waals surface area contributed by atoms with Crippen LogP contribution in [0.2, 0.25) is 0 Å². The van der Waals surface area contributed by atoms with Gasteiger partial charge in [0.15, 0.2) is 6.29 Å². The number of hydrogen-bond donors (Lipinski definition) is 1. The van der Waals surface area contributed by atoms with Crippen LogP contribution in [0.5, 0.6) is 0 Å². The molecule has 0 aliphatic carbocycles. The molecule has 1 saturated heterocycles. The van der Waals surface area contributed by atoms with Crippen LogP contribution in [0, 0.1) is 0 Å². The summed E-state index contributed by atoms with van der Waals surface area (Å²) >= 11 is 0. The molecule has 1 aliphatic heterocycles. The molecule has 0 radical (unpaired) electrons. The number of aliphatic hydroxyl groups excluding tert-OH is 1. The molecule has 1 rings (SSSR count). The molecule has 3 nitrogen and oxygen atoms in total. The molecule has 3 heteroatoms. The van der Waals surface area contributed by atoms with Crippen LogP contribution in [0.1, 0.15) is 32.6 Å². The Balaban J connectivity index is 2.11. The molecule has 1 atom stereocenters. The van der Waals surface area contributed by atoms with E-state index in [-0.39, 0.29) is 6.10 Å². The van der Waals surface area contributed by atoms with Crippen molar-refractivity contribution in [2.24, 2.45) is 0 Å². The summed E-state index contributed by atoms with van der Waals surface area (Å²) in [7, 11) is 0. The van der Waals surface area contributed by atoms with Gasteiger partial charge >= 0.3 is 0 Å². The molecule has 1 heterocycles. The van der Waals surface area contributed by atoms with E-state index in [9.17, 15) is 5.11 Å². The highest BCUT2D eigenvalue weighted by Crippen LogP contribution is 2.13. The van der Waals surface area contributed by atoms with Crippen LogP contribution in [0.3, 0.4) is 0 Å². The van der Waals surface area contributed by atoms with Crippen molar-refractivity contribution in [1.29, 1.82) is 0 Å². The summed E-state index contributed by atoms with van der Waals surface area (Å²) in [5.41, 5.74) is 0. The molecule has 1 fully saturated rings. The Labute approximate surface area is 73.7 Å². The molecule has 12 heavy (non-hydrogen) atoms. The van der Waals surface area contributed by atoms with Crippen molar-refractivity contribution in [2.75, 3.05) is 13.2 Å². The predicted molar refractivity (Wildman–Crippen MR) is 45.8 cm³/mol. The highest BCUT2D eigenvalue weighted by Gasteiger charge is 2.17. The number of rotatable bonds is 4. The summed E-state index contributed by atoms with van der Waals surface area (Å²) in [4.78, 5) is 0. The first-order valence-corrected chi connectivity index (χ1v) is 4.74. The first kappa shape index (κ1) is 9.96. The molecule has 1 unspecified atom stereocenters. The summed E-state index contributed by atoms with van der Waals surface area (Å²) < 4.78 is 10.6. The van der Waals surface area contributed by atoms with E-state index < -0.39 is 6.29 Å². The fourth-order valence-electron chi connectivity index (χ4n) is 1.35. The van der Waals surface area contributed by atoms with Gasteiger partial charge in [-0.25, -0.2) is 0 Å². The zero-order chi connectivity index (χ0) is 8.81. The lowest BCUT2D eigenvalue weighted by molar-refractivity contribution is -0.159. The maximum absolute atomic E-state index is 9.34. The van der Waals surface area contributed by atoms with Gasteiger partial charge in [-0.3, -0.25) is 0 Å². The van der Waals surface area contributed by atoms with E-state index in [2.05, 4.69) is 0 Å². The Bertz CT molecular complexity index is 110. The lowest BCUT2D eigenvalue weighted by Crippen LogP contribution is -2.28. The van der Waals surface area contributed by atoms with Gasteiger partial charge in [-0.05, 0) is 19.3 Å². The van der Waals surface area contributed by atoms with Crippen molar-refractivity contribution in [3.8, 4) is 0 Å². The quantitative estimate of drug-likeness (QED) is 0.653. The van der Waals surface area contributed by atoms with E-state index in [0.29, 0.717) is 0 Å². The Morgan fingerprint density at radius 3 is 2.75 bits per heavy atom. The van der Waals surface area contributed by atoms with Crippen LogP contribution >= 0.6 is 0 Å². The van der Waals surface area contributed by atoms with Gasteiger partial charge in [0.25, 0.3) is 0 Å². The second-order valence-corrected chi connectivity index (χ2v) is 3.19.